The highest BCUT2D eigenvalue weighted by Crippen LogP contribution is 2.08. The van der Waals surface area contributed by atoms with Gasteiger partial charge in [0, 0.05) is 13.1 Å². The summed E-state index contributed by atoms with van der Waals surface area (Å²) in [6.45, 7) is 3.79. The van der Waals surface area contributed by atoms with E-state index < -0.39 is 0 Å². The van der Waals surface area contributed by atoms with Crippen LogP contribution in [0.4, 0.5) is 0 Å². The maximum Gasteiger partial charge on any atom is 0.236 e. The molecule has 0 aromatic carbocycles. The SMILES string of the molecule is CC(C#N)NCC(=O)N1CCCCC1. The third-order valence-electron chi connectivity index (χ3n) is 2.46. The van der Waals surface area contributed by atoms with Crippen molar-refractivity contribution in [1.29, 1.82) is 5.26 Å². The molecule has 1 fully saturated rings. The molecule has 1 unspecified atom stereocenters. The highest BCUT2D eigenvalue weighted by molar-refractivity contribution is 5.78. The Morgan fingerprint density at radius 3 is 2.71 bits per heavy atom. The Morgan fingerprint density at radius 1 is 1.50 bits per heavy atom. The van der Waals surface area contributed by atoms with E-state index in [4.69, 9.17) is 5.26 Å². The van der Waals surface area contributed by atoms with Crippen LogP contribution in [-0.4, -0.2) is 36.5 Å². The number of hydrogen-bond acceptors (Lipinski definition) is 3. The van der Waals surface area contributed by atoms with Gasteiger partial charge in [0.15, 0.2) is 0 Å². The number of nitriles is 1. The molecule has 0 bridgehead atoms. The van der Waals surface area contributed by atoms with Gasteiger partial charge in [-0.3, -0.25) is 10.1 Å². The molecule has 78 valence electrons. The topological polar surface area (TPSA) is 56.1 Å². The fraction of sp³-hybridized carbons (Fsp3) is 0.800. The summed E-state index contributed by atoms with van der Waals surface area (Å²) in [6.07, 6.45) is 3.45. The van der Waals surface area contributed by atoms with Gasteiger partial charge in [0.2, 0.25) is 5.91 Å². The quantitative estimate of drug-likeness (QED) is 0.713. The maximum absolute atomic E-state index is 11.6. The summed E-state index contributed by atoms with van der Waals surface area (Å²) in [5, 5.41) is 11.4. The Balaban J connectivity index is 2.24. The summed E-state index contributed by atoms with van der Waals surface area (Å²) in [6, 6.07) is 1.79. The normalized spacial score (nSPS) is 18.7. The summed E-state index contributed by atoms with van der Waals surface area (Å²) in [5.41, 5.74) is 0. The highest BCUT2D eigenvalue weighted by atomic mass is 16.2. The predicted octanol–water partition coefficient (Wildman–Crippen LogP) is 0.501. The zero-order valence-corrected chi connectivity index (χ0v) is 8.62. The van der Waals surface area contributed by atoms with E-state index in [-0.39, 0.29) is 18.5 Å². The molecule has 0 saturated carbocycles. The van der Waals surface area contributed by atoms with E-state index in [9.17, 15) is 4.79 Å². The second-order valence-electron chi connectivity index (χ2n) is 3.67. The molecule has 14 heavy (non-hydrogen) atoms. The number of nitrogens with one attached hydrogen (secondary N) is 1. The minimum absolute atomic E-state index is 0.117. The van der Waals surface area contributed by atoms with Crippen molar-refractivity contribution in [2.75, 3.05) is 19.6 Å². The Hall–Kier alpha value is -1.08. The van der Waals surface area contributed by atoms with Crippen molar-refractivity contribution in [2.24, 2.45) is 0 Å². The molecule has 1 rings (SSSR count). The summed E-state index contributed by atoms with van der Waals surface area (Å²) < 4.78 is 0. The van der Waals surface area contributed by atoms with E-state index in [1.807, 2.05) is 11.0 Å². The number of nitrogens with zero attached hydrogens (tertiary/aromatic N) is 2. The fourth-order valence-electron chi connectivity index (χ4n) is 1.54. The molecule has 1 heterocycles. The van der Waals surface area contributed by atoms with Gasteiger partial charge in [-0.25, -0.2) is 0 Å². The van der Waals surface area contributed by atoms with Crippen LogP contribution < -0.4 is 5.32 Å². The van der Waals surface area contributed by atoms with Gasteiger partial charge in [-0.05, 0) is 26.2 Å². The van der Waals surface area contributed by atoms with Gasteiger partial charge in [-0.2, -0.15) is 5.26 Å². The van der Waals surface area contributed by atoms with Crippen molar-refractivity contribution in [3.05, 3.63) is 0 Å². The van der Waals surface area contributed by atoms with Crippen LogP contribution in [0.3, 0.4) is 0 Å². The number of carbonyl (C=O) groups excluding carboxylic acids is 1. The Kier molecular flexibility index (Phi) is 4.41. The highest BCUT2D eigenvalue weighted by Gasteiger charge is 2.16. The van der Waals surface area contributed by atoms with Gasteiger partial charge in [0.05, 0.1) is 18.7 Å². The number of carbonyl (C=O) groups is 1. The lowest BCUT2D eigenvalue weighted by molar-refractivity contribution is -0.131. The van der Waals surface area contributed by atoms with Crippen LogP contribution in [0.1, 0.15) is 26.2 Å². The molecule has 0 aliphatic carbocycles. The van der Waals surface area contributed by atoms with Crippen LogP contribution in [-0.2, 0) is 4.79 Å². The molecule has 0 spiro atoms. The van der Waals surface area contributed by atoms with Gasteiger partial charge in [0.25, 0.3) is 0 Å². The number of amides is 1. The second-order valence-corrected chi connectivity index (χ2v) is 3.67. The number of hydrogen-bond donors (Lipinski definition) is 1. The first-order chi connectivity index (χ1) is 6.74. The van der Waals surface area contributed by atoms with Crippen LogP contribution in [0.2, 0.25) is 0 Å². The fourth-order valence-corrected chi connectivity index (χ4v) is 1.54. The Bertz CT molecular complexity index is 228. The van der Waals surface area contributed by atoms with E-state index in [1.54, 1.807) is 6.92 Å². The third kappa shape index (κ3) is 3.35. The molecule has 4 nitrogen and oxygen atoms in total. The smallest absolute Gasteiger partial charge is 0.236 e. The third-order valence-corrected chi connectivity index (χ3v) is 2.46. The molecule has 0 aromatic heterocycles. The minimum Gasteiger partial charge on any atom is -0.342 e. The first kappa shape index (κ1) is 11.0. The van der Waals surface area contributed by atoms with Gasteiger partial charge in [-0.1, -0.05) is 0 Å². The maximum atomic E-state index is 11.6. The minimum atomic E-state index is -0.247. The lowest BCUT2D eigenvalue weighted by atomic mass is 10.1. The molecule has 1 atom stereocenters. The Labute approximate surface area is 84.9 Å². The molecular weight excluding hydrogens is 178 g/mol. The molecule has 1 saturated heterocycles. The van der Waals surface area contributed by atoms with Gasteiger partial charge in [-0.15, -0.1) is 0 Å². The van der Waals surface area contributed by atoms with Crippen molar-refractivity contribution in [3.63, 3.8) is 0 Å². The summed E-state index contributed by atoms with van der Waals surface area (Å²) in [5.74, 6) is 0.117. The number of rotatable bonds is 3. The van der Waals surface area contributed by atoms with Crippen molar-refractivity contribution < 1.29 is 4.79 Å². The number of piperidine rings is 1. The summed E-state index contributed by atoms with van der Waals surface area (Å²) in [7, 11) is 0. The molecule has 1 aliphatic rings. The molecule has 1 amide bonds. The molecule has 0 aromatic rings. The van der Waals surface area contributed by atoms with E-state index in [0.29, 0.717) is 0 Å². The number of likely N-dealkylation sites (tertiary alicyclic amines) is 1. The van der Waals surface area contributed by atoms with Crippen molar-refractivity contribution in [3.8, 4) is 6.07 Å². The molecule has 4 heteroatoms. The Morgan fingerprint density at radius 2 is 2.14 bits per heavy atom. The van der Waals surface area contributed by atoms with Crippen LogP contribution >= 0.6 is 0 Å². The summed E-state index contributed by atoms with van der Waals surface area (Å²) in [4.78, 5) is 13.4. The van der Waals surface area contributed by atoms with Crippen LogP contribution in [0.5, 0.6) is 0 Å². The largest absolute Gasteiger partial charge is 0.342 e. The van der Waals surface area contributed by atoms with Crippen LogP contribution in [0, 0.1) is 11.3 Å². The standard InChI is InChI=1S/C10H17N3O/c1-9(7-11)12-8-10(14)13-5-3-2-4-6-13/h9,12H,2-6,8H2,1H3. The van der Waals surface area contributed by atoms with E-state index in [0.717, 1.165) is 25.9 Å². The van der Waals surface area contributed by atoms with E-state index >= 15 is 0 Å². The van der Waals surface area contributed by atoms with Gasteiger partial charge < -0.3 is 4.90 Å². The van der Waals surface area contributed by atoms with Crippen LogP contribution in [0.15, 0.2) is 0 Å². The zero-order chi connectivity index (χ0) is 10.4. The lowest BCUT2D eigenvalue weighted by Crippen LogP contribution is -2.42. The molecule has 1 aliphatic heterocycles. The zero-order valence-electron chi connectivity index (χ0n) is 8.62. The molecule has 0 radical (unpaired) electrons. The second kappa shape index (κ2) is 5.61. The average Bonchev–Trinajstić information content (AvgIpc) is 2.26. The molecule has 1 N–H and O–H groups in total. The van der Waals surface area contributed by atoms with E-state index in [1.165, 1.54) is 6.42 Å². The van der Waals surface area contributed by atoms with Crippen molar-refractivity contribution >= 4 is 5.91 Å². The van der Waals surface area contributed by atoms with Crippen molar-refractivity contribution in [2.45, 2.75) is 32.2 Å². The first-order valence-electron chi connectivity index (χ1n) is 5.15. The average molecular weight is 195 g/mol. The summed E-state index contributed by atoms with van der Waals surface area (Å²) >= 11 is 0. The van der Waals surface area contributed by atoms with Crippen LogP contribution in [0.25, 0.3) is 0 Å². The van der Waals surface area contributed by atoms with Gasteiger partial charge >= 0.3 is 0 Å². The molecular formula is C10H17N3O. The van der Waals surface area contributed by atoms with Crippen molar-refractivity contribution in [1.82, 2.24) is 10.2 Å². The van der Waals surface area contributed by atoms with E-state index in [2.05, 4.69) is 5.32 Å². The first-order valence-corrected chi connectivity index (χ1v) is 5.15. The predicted molar refractivity (Wildman–Crippen MR) is 53.5 cm³/mol. The van der Waals surface area contributed by atoms with Gasteiger partial charge in [0.1, 0.15) is 0 Å². The lowest BCUT2D eigenvalue weighted by Gasteiger charge is -2.26. The monoisotopic (exact) mass is 195 g/mol.